The largest absolute Gasteiger partial charge is 0.497 e. The van der Waals surface area contributed by atoms with E-state index in [4.69, 9.17) is 16.3 Å². The molecule has 1 saturated carbocycles. The van der Waals surface area contributed by atoms with E-state index in [1.165, 1.54) is 35.7 Å². The Kier molecular flexibility index (Phi) is 6.73. The number of amides is 1. The molecule has 8 heteroatoms. The minimum atomic E-state index is -3.96. The van der Waals surface area contributed by atoms with Crippen LogP contribution in [0.4, 0.5) is 5.69 Å². The van der Waals surface area contributed by atoms with E-state index < -0.39 is 10.0 Å². The van der Waals surface area contributed by atoms with Crippen LogP contribution in [-0.4, -0.2) is 34.0 Å². The number of anilines is 1. The van der Waals surface area contributed by atoms with Crippen molar-refractivity contribution in [2.75, 3.05) is 18.0 Å². The number of nitrogens with one attached hydrogen (secondary N) is 1. The van der Waals surface area contributed by atoms with Crippen molar-refractivity contribution in [1.82, 2.24) is 5.32 Å². The Morgan fingerprint density at radius 1 is 1.30 bits per heavy atom. The maximum Gasteiger partial charge on any atom is 0.264 e. The lowest BCUT2D eigenvalue weighted by molar-refractivity contribution is 0.0936. The van der Waals surface area contributed by atoms with Crippen molar-refractivity contribution in [3.05, 3.63) is 65.7 Å². The molecule has 1 N–H and O–H groups in total. The minimum Gasteiger partial charge on any atom is -0.497 e. The number of methoxy groups -OCH3 is 1. The summed E-state index contributed by atoms with van der Waals surface area (Å²) in [6, 6.07) is 10.9. The first-order chi connectivity index (χ1) is 14.3. The Bertz CT molecular complexity index is 1030. The number of halogens is 1. The highest BCUT2D eigenvalue weighted by atomic mass is 35.5. The fourth-order valence-corrected chi connectivity index (χ4v) is 4.84. The summed E-state index contributed by atoms with van der Waals surface area (Å²) in [5.74, 6) is 0.707. The Balaban J connectivity index is 1.94. The summed E-state index contributed by atoms with van der Waals surface area (Å²) in [6.45, 7) is 5.68. The normalized spacial score (nSPS) is 14.6. The van der Waals surface area contributed by atoms with Gasteiger partial charge in [-0.2, -0.15) is 0 Å². The summed E-state index contributed by atoms with van der Waals surface area (Å²) in [4.78, 5) is 12.7. The quantitative estimate of drug-likeness (QED) is 0.581. The lowest BCUT2D eigenvalue weighted by Crippen LogP contribution is -2.34. The Morgan fingerprint density at radius 3 is 2.53 bits per heavy atom. The van der Waals surface area contributed by atoms with E-state index >= 15 is 0 Å². The molecule has 1 aliphatic rings. The number of ether oxygens (including phenoxy) is 1. The second-order valence-corrected chi connectivity index (χ2v) is 9.53. The van der Waals surface area contributed by atoms with Crippen LogP contribution in [0.5, 0.6) is 5.75 Å². The average molecular weight is 449 g/mol. The van der Waals surface area contributed by atoms with Crippen LogP contribution in [0.2, 0.25) is 5.02 Å². The van der Waals surface area contributed by atoms with Crippen molar-refractivity contribution in [1.29, 1.82) is 0 Å². The molecule has 1 fully saturated rings. The molecule has 0 bridgehead atoms. The summed E-state index contributed by atoms with van der Waals surface area (Å²) in [5.41, 5.74) is 0.595. The van der Waals surface area contributed by atoms with E-state index in [0.717, 1.165) is 12.8 Å². The van der Waals surface area contributed by atoms with Crippen molar-refractivity contribution in [2.24, 2.45) is 5.92 Å². The third kappa shape index (κ3) is 4.79. The molecular formula is C22H25ClN2O4S. The zero-order valence-electron chi connectivity index (χ0n) is 17.0. The Morgan fingerprint density at radius 2 is 1.97 bits per heavy atom. The van der Waals surface area contributed by atoms with E-state index in [9.17, 15) is 13.2 Å². The monoisotopic (exact) mass is 448 g/mol. The third-order valence-corrected chi connectivity index (χ3v) is 7.23. The SMILES string of the molecule is C=CCN(c1ccc(OC)cc1)S(=O)(=O)c1ccc(Cl)c(C(=O)NC(C)C2CC2)c1. The van der Waals surface area contributed by atoms with Gasteiger partial charge in [-0.3, -0.25) is 9.10 Å². The van der Waals surface area contributed by atoms with Crippen LogP contribution in [0.25, 0.3) is 0 Å². The first-order valence-corrected chi connectivity index (χ1v) is 11.5. The van der Waals surface area contributed by atoms with Gasteiger partial charge in [-0.1, -0.05) is 17.7 Å². The molecular weight excluding hydrogens is 424 g/mol. The van der Waals surface area contributed by atoms with E-state index in [0.29, 0.717) is 17.4 Å². The number of nitrogens with zero attached hydrogens (tertiary/aromatic N) is 1. The summed E-state index contributed by atoms with van der Waals surface area (Å²) in [7, 11) is -2.42. The van der Waals surface area contributed by atoms with Gasteiger partial charge in [-0.15, -0.1) is 6.58 Å². The first-order valence-electron chi connectivity index (χ1n) is 9.66. The van der Waals surface area contributed by atoms with Crippen LogP contribution < -0.4 is 14.4 Å². The highest BCUT2D eigenvalue weighted by Crippen LogP contribution is 2.33. The zero-order valence-corrected chi connectivity index (χ0v) is 18.5. The number of hydrogen-bond acceptors (Lipinski definition) is 4. The number of carbonyl (C=O) groups excluding carboxylic acids is 1. The zero-order chi connectivity index (χ0) is 21.9. The fraction of sp³-hybridized carbons (Fsp3) is 0.318. The second kappa shape index (κ2) is 9.10. The molecule has 0 spiro atoms. The van der Waals surface area contributed by atoms with Crippen LogP contribution >= 0.6 is 11.6 Å². The highest BCUT2D eigenvalue weighted by molar-refractivity contribution is 7.92. The number of benzene rings is 2. The van der Waals surface area contributed by atoms with Crippen molar-refractivity contribution >= 4 is 33.2 Å². The first kappa shape index (κ1) is 22.2. The van der Waals surface area contributed by atoms with Gasteiger partial charge in [-0.05, 0) is 68.1 Å². The van der Waals surface area contributed by atoms with Crippen molar-refractivity contribution in [3.8, 4) is 5.75 Å². The Hall–Kier alpha value is -2.51. The minimum absolute atomic E-state index is 0.0189. The summed E-state index contributed by atoms with van der Waals surface area (Å²) in [6.07, 6.45) is 3.67. The van der Waals surface area contributed by atoms with Gasteiger partial charge in [0.05, 0.1) is 34.8 Å². The fourth-order valence-electron chi connectivity index (χ4n) is 3.17. The topological polar surface area (TPSA) is 75.7 Å². The summed E-state index contributed by atoms with van der Waals surface area (Å²) >= 11 is 6.21. The maximum absolute atomic E-state index is 13.4. The van der Waals surface area contributed by atoms with Crippen LogP contribution in [0, 0.1) is 5.92 Å². The molecule has 2 aromatic rings. The molecule has 0 saturated heterocycles. The molecule has 30 heavy (non-hydrogen) atoms. The Labute approximate surface area is 182 Å². The van der Waals surface area contributed by atoms with Crippen LogP contribution in [-0.2, 0) is 10.0 Å². The van der Waals surface area contributed by atoms with Crippen LogP contribution in [0.3, 0.4) is 0 Å². The van der Waals surface area contributed by atoms with Gasteiger partial charge < -0.3 is 10.1 Å². The number of rotatable bonds is 9. The molecule has 3 rings (SSSR count). The summed E-state index contributed by atoms with van der Waals surface area (Å²) < 4.78 is 33.1. The molecule has 0 aromatic heterocycles. The van der Waals surface area contributed by atoms with E-state index in [1.807, 2.05) is 6.92 Å². The van der Waals surface area contributed by atoms with Gasteiger partial charge in [0.15, 0.2) is 0 Å². The third-order valence-electron chi connectivity index (χ3n) is 5.11. The number of carbonyl (C=O) groups is 1. The van der Waals surface area contributed by atoms with Crippen molar-refractivity contribution < 1.29 is 17.9 Å². The molecule has 1 unspecified atom stereocenters. The molecule has 0 heterocycles. The van der Waals surface area contributed by atoms with Gasteiger partial charge in [0.1, 0.15) is 5.75 Å². The molecule has 1 amide bonds. The molecule has 0 aliphatic heterocycles. The highest BCUT2D eigenvalue weighted by Gasteiger charge is 2.30. The van der Waals surface area contributed by atoms with E-state index in [-0.39, 0.29) is 34.0 Å². The molecule has 160 valence electrons. The predicted octanol–water partition coefficient (Wildman–Crippen LogP) is 4.26. The van der Waals surface area contributed by atoms with Crippen LogP contribution in [0.15, 0.2) is 60.0 Å². The lowest BCUT2D eigenvalue weighted by Gasteiger charge is -2.24. The van der Waals surface area contributed by atoms with Crippen molar-refractivity contribution in [2.45, 2.75) is 30.7 Å². The molecule has 6 nitrogen and oxygen atoms in total. The molecule has 0 radical (unpaired) electrons. The summed E-state index contributed by atoms with van der Waals surface area (Å²) in [5, 5.41) is 3.12. The van der Waals surface area contributed by atoms with Gasteiger partial charge in [0, 0.05) is 6.04 Å². The van der Waals surface area contributed by atoms with Gasteiger partial charge in [-0.25, -0.2) is 8.42 Å². The smallest absolute Gasteiger partial charge is 0.264 e. The number of hydrogen-bond donors (Lipinski definition) is 1. The molecule has 2 aromatic carbocycles. The van der Waals surface area contributed by atoms with E-state index in [1.54, 1.807) is 24.3 Å². The molecule has 1 atom stereocenters. The standard InChI is InChI=1S/C22H25ClN2O4S/c1-4-13-25(17-7-9-18(29-3)10-8-17)30(27,28)19-11-12-21(23)20(14-19)22(26)24-15(2)16-5-6-16/h4,7-12,14-16H,1,5-6,13H2,2-3H3,(H,24,26). The lowest BCUT2D eigenvalue weighted by atomic mass is 10.1. The van der Waals surface area contributed by atoms with Gasteiger partial charge in [0.25, 0.3) is 15.9 Å². The van der Waals surface area contributed by atoms with E-state index in [2.05, 4.69) is 11.9 Å². The van der Waals surface area contributed by atoms with Gasteiger partial charge >= 0.3 is 0 Å². The molecule has 1 aliphatic carbocycles. The van der Waals surface area contributed by atoms with Crippen LogP contribution in [0.1, 0.15) is 30.1 Å². The van der Waals surface area contributed by atoms with Gasteiger partial charge in [0.2, 0.25) is 0 Å². The van der Waals surface area contributed by atoms with Crippen molar-refractivity contribution in [3.63, 3.8) is 0 Å². The predicted molar refractivity (Wildman–Crippen MR) is 119 cm³/mol. The average Bonchev–Trinajstić information content (AvgIpc) is 3.57. The number of sulfonamides is 1. The maximum atomic E-state index is 13.4. The second-order valence-electron chi connectivity index (χ2n) is 7.26.